The molecule has 0 spiro atoms. The minimum atomic E-state index is -4.32. The van der Waals surface area contributed by atoms with E-state index in [1.165, 1.54) is 19.0 Å². The van der Waals surface area contributed by atoms with Crippen molar-refractivity contribution < 1.29 is 13.2 Å². The number of nitrogens with zero attached hydrogens (tertiary/aromatic N) is 2. The molecule has 0 amide bonds. The number of nitrogens with one attached hydrogen (secondary N) is 1. The Labute approximate surface area is 123 Å². The highest BCUT2D eigenvalue weighted by Crippen LogP contribution is 2.30. The van der Waals surface area contributed by atoms with Crippen molar-refractivity contribution in [3.05, 3.63) is 23.9 Å². The SMILES string of the molecule is CCCN(CC1CCCCN1)c1cc(C(F)(F)F)ccn1. The number of pyridine rings is 1. The van der Waals surface area contributed by atoms with Crippen molar-refractivity contribution in [2.24, 2.45) is 0 Å². The quantitative estimate of drug-likeness (QED) is 0.903. The van der Waals surface area contributed by atoms with Gasteiger partial charge in [-0.05, 0) is 37.9 Å². The predicted octanol–water partition coefficient (Wildman–Crippen LogP) is 3.46. The van der Waals surface area contributed by atoms with Crippen molar-refractivity contribution in [3.63, 3.8) is 0 Å². The number of halogens is 3. The molecular formula is C15H22F3N3. The van der Waals surface area contributed by atoms with Crippen molar-refractivity contribution in [2.45, 2.75) is 44.8 Å². The van der Waals surface area contributed by atoms with Crippen molar-refractivity contribution in [3.8, 4) is 0 Å². The summed E-state index contributed by atoms with van der Waals surface area (Å²) in [6.45, 7) is 4.43. The molecule has 0 radical (unpaired) electrons. The number of alkyl halides is 3. The van der Waals surface area contributed by atoms with E-state index in [2.05, 4.69) is 10.3 Å². The molecule has 0 aromatic carbocycles. The van der Waals surface area contributed by atoms with E-state index in [-0.39, 0.29) is 0 Å². The Morgan fingerprint density at radius 2 is 2.19 bits per heavy atom. The summed E-state index contributed by atoms with van der Waals surface area (Å²) in [7, 11) is 0. The molecule has 1 aromatic rings. The van der Waals surface area contributed by atoms with E-state index in [4.69, 9.17) is 0 Å². The Bertz CT molecular complexity index is 442. The lowest BCUT2D eigenvalue weighted by atomic mass is 10.0. The van der Waals surface area contributed by atoms with Gasteiger partial charge in [0.1, 0.15) is 5.82 Å². The summed E-state index contributed by atoms with van der Waals surface area (Å²) < 4.78 is 38.5. The number of aromatic nitrogens is 1. The van der Waals surface area contributed by atoms with Gasteiger partial charge in [0.2, 0.25) is 0 Å². The molecule has 6 heteroatoms. The van der Waals surface area contributed by atoms with Gasteiger partial charge in [0.25, 0.3) is 0 Å². The molecular weight excluding hydrogens is 279 g/mol. The number of anilines is 1. The topological polar surface area (TPSA) is 28.2 Å². The zero-order valence-corrected chi connectivity index (χ0v) is 12.3. The fraction of sp³-hybridized carbons (Fsp3) is 0.667. The van der Waals surface area contributed by atoms with Crippen LogP contribution in [0.1, 0.15) is 38.2 Å². The first kappa shape index (κ1) is 16.1. The van der Waals surface area contributed by atoms with E-state index in [1.54, 1.807) is 0 Å². The second kappa shape index (κ2) is 7.11. The van der Waals surface area contributed by atoms with Gasteiger partial charge in [0.15, 0.2) is 0 Å². The third kappa shape index (κ3) is 4.59. The zero-order valence-electron chi connectivity index (χ0n) is 12.3. The molecule has 0 bridgehead atoms. The number of hydrogen-bond acceptors (Lipinski definition) is 3. The van der Waals surface area contributed by atoms with E-state index in [0.29, 0.717) is 24.9 Å². The molecule has 1 N–H and O–H groups in total. The van der Waals surface area contributed by atoms with Gasteiger partial charge >= 0.3 is 6.18 Å². The Morgan fingerprint density at radius 1 is 1.38 bits per heavy atom. The van der Waals surface area contributed by atoms with Crippen LogP contribution in [0.25, 0.3) is 0 Å². The highest BCUT2D eigenvalue weighted by Gasteiger charge is 2.31. The average molecular weight is 301 g/mol. The predicted molar refractivity (Wildman–Crippen MR) is 77.4 cm³/mol. The van der Waals surface area contributed by atoms with Gasteiger partial charge in [-0.15, -0.1) is 0 Å². The van der Waals surface area contributed by atoms with Crippen LogP contribution >= 0.6 is 0 Å². The van der Waals surface area contributed by atoms with Crippen LogP contribution in [-0.4, -0.2) is 30.7 Å². The van der Waals surface area contributed by atoms with Crippen LogP contribution in [0.3, 0.4) is 0 Å². The van der Waals surface area contributed by atoms with Gasteiger partial charge in [0.05, 0.1) is 5.56 Å². The Balaban J connectivity index is 2.13. The van der Waals surface area contributed by atoms with Gasteiger partial charge in [-0.1, -0.05) is 13.3 Å². The highest BCUT2D eigenvalue weighted by molar-refractivity contribution is 5.42. The smallest absolute Gasteiger partial charge is 0.355 e. The largest absolute Gasteiger partial charge is 0.416 e. The molecule has 2 rings (SSSR count). The maximum Gasteiger partial charge on any atom is 0.416 e. The molecule has 1 aromatic heterocycles. The van der Waals surface area contributed by atoms with Gasteiger partial charge in [-0.3, -0.25) is 0 Å². The first-order valence-electron chi connectivity index (χ1n) is 7.52. The van der Waals surface area contributed by atoms with Crippen molar-refractivity contribution >= 4 is 5.82 Å². The van der Waals surface area contributed by atoms with Crippen LogP contribution < -0.4 is 10.2 Å². The summed E-state index contributed by atoms with van der Waals surface area (Å²) in [5, 5.41) is 3.43. The maximum absolute atomic E-state index is 12.8. The first-order valence-corrected chi connectivity index (χ1v) is 7.52. The van der Waals surface area contributed by atoms with Crippen LogP contribution in [0.15, 0.2) is 18.3 Å². The van der Waals surface area contributed by atoms with Crippen LogP contribution in [-0.2, 0) is 6.18 Å². The van der Waals surface area contributed by atoms with Gasteiger partial charge in [-0.25, -0.2) is 4.98 Å². The summed E-state index contributed by atoms with van der Waals surface area (Å²) in [4.78, 5) is 6.09. The molecule has 0 saturated carbocycles. The van der Waals surface area contributed by atoms with Crippen LogP contribution in [0, 0.1) is 0 Å². The second-order valence-corrected chi connectivity index (χ2v) is 5.49. The number of piperidine rings is 1. The first-order chi connectivity index (χ1) is 10.0. The highest BCUT2D eigenvalue weighted by atomic mass is 19.4. The van der Waals surface area contributed by atoms with Gasteiger partial charge in [0, 0.05) is 25.3 Å². The number of rotatable bonds is 5. The van der Waals surface area contributed by atoms with Crippen molar-refractivity contribution in [2.75, 3.05) is 24.5 Å². The standard InChI is InChI=1S/C15H22F3N3/c1-2-9-21(11-13-5-3-4-7-19-13)14-10-12(6-8-20-14)15(16,17)18/h6,8,10,13,19H,2-5,7,9,11H2,1H3. The molecule has 1 saturated heterocycles. The monoisotopic (exact) mass is 301 g/mol. The maximum atomic E-state index is 12.8. The normalized spacial score (nSPS) is 19.5. The fourth-order valence-electron chi connectivity index (χ4n) is 2.68. The summed E-state index contributed by atoms with van der Waals surface area (Å²) in [6.07, 6.45) is 1.22. The molecule has 1 aliphatic heterocycles. The van der Waals surface area contributed by atoms with Crippen LogP contribution in [0.2, 0.25) is 0 Å². The lowest BCUT2D eigenvalue weighted by molar-refractivity contribution is -0.137. The van der Waals surface area contributed by atoms with E-state index in [9.17, 15) is 13.2 Å². The van der Waals surface area contributed by atoms with E-state index in [0.717, 1.165) is 31.5 Å². The average Bonchev–Trinajstić information content (AvgIpc) is 2.47. The van der Waals surface area contributed by atoms with Gasteiger partial charge in [-0.2, -0.15) is 13.2 Å². The lowest BCUT2D eigenvalue weighted by Crippen LogP contribution is -2.44. The third-order valence-electron chi connectivity index (χ3n) is 3.74. The molecule has 1 aliphatic rings. The third-order valence-corrected chi connectivity index (χ3v) is 3.74. The molecule has 21 heavy (non-hydrogen) atoms. The summed E-state index contributed by atoms with van der Waals surface area (Å²) in [5.74, 6) is 0.416. The van der Waals surface area contributed by atoms with Crippen LogP contribution in [0.5, 0.6) is 0 Å². The van der Waals surface area contributed by atoms with E-state index in [1.807, 2.05) is 11.8 Å². The molecule has 1 fully saturated rings. The minimum absolute atomic E-state index is 0.335. The second-order valence-electron chi connectivity index (χ2n) is 5.49. The summed E-state index contributed by atoms with van der Waals surface area (Å²) in [5.41, 5.74) is -0.634. The molecule has 1 atom stereocenters. The fourth-order valence-corrected chi connectivity index (χ4v) is 2.68. The minimum Gasteiger partial charge on any atom is -0.355 e. The molecule has 1 unspecified atom stereocenters. The Kier molecular flexibility index (Phi) is 5.45. The molecule has 2 heterocycles. The van der Waals surface area contributed by atoms with E-state index < -0.39 is 11.7 Å². The Hall–Kier alpha value is -1.30. The zero-order chi connectivity index (χ0) is 15.3. The number of hydrogen-bond donors (Lipinski definition) is 1. The van der Waals surface area contributed by atoms with Crippen molar-refractivity contribution in [1.29, 1.82) is 0 Å². The van der Waals surface area contributed by atoms with E-state index >= 15 is 0 Å². The molecule has 0 aliphatic carbocycles. The molecule has 3 nitrogen and oxygen atoms in total. The Morgan fingerprint density at radius 3 is 2.81 bits per heavy atom. The summed E-state index contributed by atoms with van der Waals surface area (Å²) in [6, 6.07) is 2.51. The van der Waals surface area contributed by atoms with Crippen molar-refractivity contribution in [1.82, 2.24) is 10.3 Å². The lowest BCUT2D eigenvalue weighted by Gasteiger charge is -2.31. The molecule has 118 valence electrons. The van der Waals surface area contributed by atoms with Gasteiger partial charge < -0.3 is 10.2 Å². The van der Waals surface area contributed by atoms with Crippen LogP contribution in [0.4, 0.5) is 19.0 Å². The summed E-state index contributed by atoms with van der Waals surface area (Å²) >= 11 is 0.